The minimum absolute atomic E-state index is 0.0988. The molecule has 0 atom stereocenters. The van der Waals surface area contributed by atoms with E-state index >= 15 is 0 Å². The van der Waals surface area contributed by atoms with Crippen LogP contribution in [-0.4, -0.2) is 44.0 Å². The molecule has 8 heteroatoms. The molecule has 1 aliphatic heterocycles. The number of carbonyl (C=O) groups excluding carboxylic acids is 2. The lowest BCUT2D eigenvalue weighted by Gasteiger charge is -2.16. The second-order valence-electron chi connectivity index (χ2n) is 6.72. The highest BCUT2D eigenvalue weighted by molar-refractivity contribution is 8.18. The van der Waals surface area contributed by atoms with E-state index in [0.717, 1.165) is 28.6 Å². The van der Waals surface area contributed by atoms with Crippen molar-refractivity contribution < 1.29 is 23.8 Å². The number of thioether (sulfide) groups is 1. The number of hydrogen-bond donors (Lipinski definition) is 1. The van der Waals surface area contributed by atoms with E-state index in [4.69, 9.17) is 14.2 Å². The second kappa shape index (κ2) is 9.13. The molecular formula is C22H24N2O5S. The molecule has 7 nitrogen and oxygen atoms in total. The summed E-state index contributed by atoms with van der Waals surface area (Å²) in [7, 11) is 4.57. The van der Waals surface area contributed by atoms with Gasteiger partial charge < -0.3 is 19.5 Å². The topological polar surface area (TPSA) is 77.1 Å². The van der Waals surface area contributed by atoms with Crippen LogP contribution in [0.25, 0.3) is 6.08 Å². The number of rotatable bonds is 7. The number of nitrogens with zero attached hydrogens (tertiary/aromatic N) is 1. The van der Waals surface area contributed by atoms with E-state index in [9.17, 15) is 9.59 Å². The van der Waals surface area contributed by atoms with Crippen LogP contribution in [0.3, 0.4) is 0 Å². The molecule has 0 spiro atoms. The Morgan fingerprint density at radius 2 is 1.67 bits per heavy atom. The van der Waals surface area contributed by atoms with Crippen molar-refractivity contribution in [3.63, 3.8) is 0 Å². The van der Waals surface area contributed by atoms with Crippen LogP contribution in [-0.2, 0) is 4.79 Å². The molecule has 158 valence electrons. The fourth-order valence-corrected chi connectivity index (χ4v) is 3.90. The van der Waals surface area contributed by atoms with Crippen LogP contribution in [0.2, 0.25) is 0 Å². The number of hydrogen-bond acceptors (Lipinski definition) is 7. The number of benzene rings is 2. The lowest BCUT2D eigenvalue weighted by molar-refractivity contribution is -0.122. The average Bonchev–Trinajstić information content (AvgIpc) is 3.00. The van der Waals surface area contributed by atoms with Gasteiger partial charge in [-0.3, -0.25) is 14.5 Å². The Morgan fingerprint density at radius 1 is 1.00 bits per heavy atom. The van der Waals surface area contributed by atoms with E-state index in [1.807, 2.05) is 32.0 Å². The Labute approximate surface area is 180 Å². The number of methoxy groups -OCH3 is 3. The van der Waals surface area contributed by atoms with Crippen LogP contribution in [0.1, 0.15) is 16.7 Å². The number of nitrogens with one attached hydrogen (secondary N) is 1. The predicted octanol–water partition coefficient (Wildman–Crippen LogP) is 4.44. The number of ether oxygens (including phenoxy) is 3. The Morgan fingerprint density at radius 3 is 2.27 bits per heavy atom. The van der Waals surface area contributed by atoms with Crippen LogP contribution < -0.4 is 19.5 Å². The minimum Gasteiger partial charge on any atom is -0.493 e. The molecule has 0 radical (unpaired) electrons. The summed E-state index contributed by atoms with van der Waals surface area (Å²) < 4.78 is 16.0. The minimum atomic E-state index is -0.350. The van der Waals surface area contributed by atoms with Crippen molar-refractivity contribution in [1.29, 1.82) is 0 Å². The van der Waals surface area contributed by atoms with E-state index < -0.39 is 0 Å². The number of carbonyl (C=O) groups is 2. The molecule has 0 bridgehead atoms. The molecule has 2 aromatic carbocycles. The lowest BCUT2D eigenvalue weighted by Crippen LogP contribution is -2.33. The van der Waals surface area contributed by atoms with Gasteiger partial charge >= 0.3 is 0 Å². The van der Waals surface area contributed by atoms with Crippen molar-refractivity contribution in [2.45, 2.75) is 13.8 Å². The highest BCUT2D eigenvalue weighted by Gasteiger charge is 2.35. The molecule has 1 aliphatic rings. The highest BCUT2D eigenvalue weighted by Crippen LogP contribution is 2.40. The quantitative estimate of drug-likeness (QED) is 0.654. The summed E-state index contributed by atoms with van der Waals surface area (Å²) in [4.78, 5) is 26.8. The summed E-state index contributed by atoms with van der Waals surface area (Å²) >= 11 is 0.902. The molecule has 30 heavy (non-hydrogen) atoms. The molecule has 1 N–H and O–H groups in total. The summed E-state index contributed by atoms with van der Waals surface area (Å²) in [5.74, 6) is 1.05. The van der Waals surface area contributed by atoms with Gasteiger partial charge in [0.1, 0.15) is 0 Å². The van der Waals surface area contributed by atoms with E-state index in [1.54, 1.807) is 18.2 Å². The third-order valence-corrected chi connectivity index (χ3v) is 5.59. The fraction of sp³-hybridized carbons (Fsp3) is 0.273. The van der Waals surface area contributed by atoms with Crippen molar-refractivity contribution in [3.8, 4) is 17.2 Å². The van der Waals surface area contributed by atoms with Gasteiger partial charge in [0.15, 0.2) is 11.5 Å². The van der Waals surface area contributed by atoms with Crippen LogP contribution in [0, 0.1) is 13.8 Å². The van der Waals surface area contributed by atoms with Crippen LogP contribution in [0.5, 0.6) is 17.2 Å². The van der Waals surface area contributed by atoms with Crippen molar-refractivity contribution in [1.82, 2.24) is 4.90 Å². The highest BCUT2D eigenvalue weighted by atomic mass is 32.2. The zero-order valence-corrected chi connectivity index (χ0v) is 18.4. The molecule has 1 heterocycles. The molecule has 3 rings (SSSR count). The SMILES string of the molecule is COc1cc(C=C2SC(=O)N(CNc3cc(C)ccc3C)C2=O)cc(OC)c1OC. The maximum Gasteiger partial charge on any atom is 0.295 e. The van der Waals surface area contributed by atoms with Gasteiger partial charge in [-0.15, -0.1) is 0 Å². The van der Waals surface area contributed by atoms with Gasteiger partial charge in [-0.25, -0.2) is 0 Å². The van der Waals surface area contributed by atoms with Gasteiger partial charge in [-0.2, -0.15) is 0 Å². The maximum absolute atomic E-state index is 12.8. The summed E-state index contributed by atoms with van der Waals surface area (Å²) in [6.45, 7) is 4.06. The van der Waals surface area contributed by atoms with Crippen LogP contribution >= 0.6 is 11.8 Å². The Bertz CT molecular complexity index is 994. The number of anilines is 1. The van der Waals surface area contributed by atoms with Gasteiger partial charge in [0.25, 0.3) is 11.1 Å². The first-order valence-electron chi connectivity index (χ1n) is 9.24. The molecule has 2 amide bonds. The van der Waals surface area contributed by atoms with E-state index in [1.165, 1.54) is 26.2 Å². The van der Waals surface area contributed by atoms with Gasteiger partial charge in [0, 0.05) is 5.69 Å². The number of amides is 2. The van der Waals surface area contributed by atoms with E-state index in [-0.39, 0.29) is 17.8 Å². The van der Waals surface area contributed by atoms with E-state index in [0.29, 0.717) is 27.7 Å². The van der Waals surface area contributed by atoms with Crippen LogP contribution in [0.15, 0.2) is 35.2 Å². The Balaban J connectivity index is 1.82. The van der Waals surface area contributed by atoms with Gasteiger partial charge in [-0.05, 0) is 66.6 Å². The lowest BCUT2D eigenvalue weighted by atomic mass is 10.1. The standard InChI is InChI=1S/C22H24N2O5S/c1-13-6-7-14(2)16(8-13)23-12-24-21(25)19(30-22(24)26)11-15-9-17(27-3)20(29-5)18(10-15)28-4/h6-11,23H,12H2,1-5H3. The molecule has 0 aromatic heterocycles. The summed E-state index contributed by atoms with van der Waals surface area (Å²) in [5.41, 5.74) is 3.69. The molecular weight excluding hydrogens is 404 g/mol. The third kappa shape index (κ3) is 4.38. The Hall–Kier alpha value is -3.13. The van der Waals surface area contributed by atoms with Gasteiger partial charge in [0.2, 0.25) is 5.75 Å². The Kier molecular flexibility index (Phi) is 6.56. The normalized spacial score (nSPS) is 15.0. The summed E-state index contributed by atoms with van der Waals surface area (Å²) in [5, 5.41) is 2.86. The maximum atomic E-state index is 12.8. The third-order valence-electron chi connectivity index (χ3n) is 4.68. The first-order chi connectivity index (χ1) is 14.4. The largest absolute Gasteiger partial charge is 0.493 e. The van der Waals surface area contributed by atoms with Crippen molar-refractivity contribution in [2.75, 3.05) is 33.3 Å². The second-order valence-corrected chi connectivity index (χ2v) is 7.71. The molecule has 1 saturated heterocycles. The summed E-state index contributed by atoms with van der Waals surface area (Å²) in [6.07, 6.45) is 1.65. The fourth-order valence-electron chi connectivity index (χ4n) is 3.06. The number of aryl methyl sites for hydroxylation is 2. The molecule has 0 aliphatic carbocycles. The summed E-state index contributed by atoms with van der Waals surface area (Å²) in [6, 6.07) is 9.45. The zero-order valence-electron chi connectivity index (χ0n) is 17.6. The van der Waals surface area contributed by atoms with Crippen LogP contribution in [0.4, 0.5) is 10.5 Å². The molecule has 0 unspecified atom stereocenters. The number of imide groups is 1. The first kappa shape index (κ1) is 21.6. The van der Waals surface area contributed by atoms with Gasteiger partial charge in [0.05, 0.1) is 32.9 Å². The monoisotopic (exact) mass is 428 g/mol. The average molecular weight is 429 g/mol. The molecule has 2 aromatic rings. The predicted molar refractivity (Wildman–Crippen MR) is 118 cm³/mol. The van der Waals surface area contributed by atoms with Crippen molar-refractivity contribution in [3.05, 3.63) is 51.9 Å². The van der Waals surface area contributed by atoms with Gasteiger partial charge in [-0.1, -0.05) is 12.1 Å². The smallest absolute Gasteiger partial charge is 0.295 e. The first-order valence-corrected chi connectivity index (χ1v) is 10.1. The van der Waals surface area contributed by atoms with Crippen molar-refractivity contribution in [2.24, 2.45) is 0 Å². The molecule has 1 fully saturated rings. The van der Waals surface area contributed by atoms with E-state index in [2.05, 4.69) is 5.32 Å². The van der Waals surface area contributed by atoms with Crippen molar-refractivity contribution >= 4 is 34.7 Å². The molecule has 0 saturated carbocycles. The zero-order chi connectivity index (χ0) is 21.8.